The monoisotopic (exact) mass is 311 g/mol. The maximum absolute atomic E-state index is 12.2. The van der Waals surface area contributed by atoms with Gasteiger partial charge in [-0.3, -0.25) is 14.5 Å². The summed E-state index contributed by atoms with van der Waals surface area (Å²) in [7, 11) is 1.86. The minimum atomic E-state index is -0.197. The van der Waals surface area contributed by atoms with Crippen molar-refractivity contribution in [2.45, 2.75) is 20.4 Å². The van der Waals surface area contributed by atoms with Crippen molar-refractivity contribution in [2.24, 2.45) is 7.05 Å². The molecule has 7 heteroatoms. The van der Waals surface area contributed by atoms with Gasteiger partial charge in [0, 0.05) is 31.5 Å². The van der Waals surface area contributed by atoms with Crippen LogP contribution in [0.25, 0.3) is 11.3 Å². The molecule has 0 atom stereocenters. The van der Waals surface area contributed by atoms with E-state index in [-0.39, 0.29) is 5.91 Å². The Labute approximate surface area is 133 Å². The molecule has 3 heterocycles. The molecule has 3 aromatic rings. The lowest BCUT2D eigenvalue weighted by molar-refractivity contribution is 0.0949. The number of hydrogen-bond acceptors (Lipinski definition) is 5. The minimum Gasteiger partial charge on any atom is -0.361 e. The Bertz CT molecular complexity index is 813. The Morgan fingerprint density at radius 3 is 2.70 bits per heavy atom. The highest BCUT2D eigenvalue weighted by molar-refractivity contribution is 5.96. The maximum Gasteiger partial charge on any atom is 0.257 e. The summed E-state index contributed by atoms with van der Waals surface area (Å²) in [6.07, 6.45) is 5.42. The molecule has 0 aromatic carbocycles. The molecule has 3 rings (SSSR count). The van der Waals surface area contributed by atoms with E-state index in [2.05, 4.69) is 20.6 Å². The molecule has 0 saturated heterocycles. The SMILES string of the molecule is Cc1noc(C)c1C(=O)NCc1ccc(-c2cnn(C)c2)nc1. The Balaban J connectivity index is 1.66. The molecule has 0 spiro atoms. The number of amides is 1. The van der Waals surface area contributed by atoms with Gasteiger partial charge in [-0.1, -0.05) is 11.2 Å². The summed E-state index contributed by atoms with van der Waals surface area (Å²) >= 11 is 0. The van der Waals surface area contributed by atoms with Gasteiger partial charge in [-0.25, -0.2) is 0 Å². The molecule has 0 fully saturated rings. The zero-order valence-electron chi connectivity index (χ0n) is 13.2. The Morgan fingerprint density at radius 2 is 2.13 bits per heavy atom. The highest BCUT2D eigenvalue weighted by atomic mass is 16.5. The molecule has 0 aliphatic carbocycles. The number of carbonyl (C=O) groups is 1. The number of aryl methyl sites for hydroxylation is 3. The average Bonchev–Trinajstić information content (AvgIpc) is 3.11. The van der Waals surface area contributed by atoms with Crippen LogP contribution in [0, 0.1) is 13.8 Å². The average molecular weight is 311 g/mol. The van der Waals surface area contributed by atoms with E-state index in [0.29, 0.717) is 23.6 Å². The normalized spacial score (nSPS) is 10.7. The third-order valence-corrected chi connectivity index (χ3v) is 3.54. The van der Waals surface area contributed by atoms with Crippen LogP contribution in [-0.2, 0) is 13.6 Å². The molecule has 0 saturated carbocycles. The van der Waals surface area contributed by atoms with Crippen LogP contribution in [0.3, 0.4) is 0 Å². The van der Waals surface area contributed by atoms with Crippen LogP contribution in [0.4, 0.5) is 0 Å². The molecule has 0 aliphatic rings. The van der Waals surface area contributed by atoms with Crippen molar-refractivity contribution in [3.63, 3.8) is 0 Å². The third kappa shape index (κ3) is 3.13. The first-order chi connectivity index (χ1) is 11.0. The number of carbonyl (C=O) groups excluding carboxylic acids is 1. The third-order valence-electron chi connectivity index (χ3n) is 3.54. The molecular formula is C16H17N5O2. The van der Waals surface area contributed by atoms with Crippen molar-refractivity contribution in [3.8, 4) is 11.3 Å². The highest BCUT2D eigenvalue weighted by Gasteiger charge is 2.16. The summed E-state index contributed by atoms with van der Waals surface area (Å²) in [6.45, 7) is 3.86. The van der Waals surface area contributed by atoms with Gasteiger partial charge in [0.15, 0.2) is 0 Å². The lowest BCUT2D eigenvalue weighted by Crippen LogP contribution is -2.23. The Morgan fingerprint density at radius 1 is 1.30 bits per heavy atom. The second-order valence-electron chi connectivity index (χ2n) is 5.34. The molecule has 3 aromatic heterocycles. The van der Waals surface area contributed by atoms with Crippen molar-refractivity contribution in [2.75, 3.05) is 0 Å². The summed E-state index contributed by atoms with van der Waals surface area (Å²) < 4.78 is 6.73. The summed E-state index contributed by atoms with van der Waals surface area (Å²) in [5.74, 6) is 0.322. The fourth-order valence-corrected chi connectivity index (χ4v) is 2.33. The zero-order valence-corrected chi connectivity index (χ0v) is 13.2. The van der Waals surface area contributed by atoms with Gasteiger partial charge in [0.2, 0.25) is 0 Å². The Kier molecular flexibility index (Phi) is 3.92. The molecular weight excluding hydrogens is 294 g/mol. The number of nitrogens with one attached hydrogen (secondary N) is 1. The lowest BCUT2D eigenvalue weighted by atomic mass is 10.1. The molecule has 1 N–H and O–H groups in total. The van der Waals surface area contributed by atoms with Gasteiger partial charge in [-0.2, -0.15) is 5.10 Å². The van der Waals surface area contributed by atoms with E-state index in [1.54, 1.807) is 30.9 Å². The molecule has 118 valence electrons. The van der Waals surface area contributed by atoms with Gasteiger partial charge >= 0.3 is 0 Å². The zero-order chi connectivity index (χ0) is 16.4. The summed E-state index contributed by atoms with van der Waals surface area (Å²) in [5.41, 5.74) is 3.80. The van der Waals surface area contributed by atoms with Gasteiger partial charge in [-0.15, -0.1) is 0 Å². The molecule has 0 unspecified atom stereocenters. The van der Waals surface area contributed by atoms with Gasteiger partial charge < -0.3 is 9.84 Å². The van der Waals surface area contributed by atoms with Crippen LogP contribution in [0.1, 0.15) is 27.4 Å². The largest absolute Gasteiger partial charge is 0.361 e. The van der Waals surface area contributed by atoms with E-state index in [1.807, 2.05) is 25.4 Å². The first kappa shape index (κ1) is 15.0. The smallest absolute Gasteiger partial charge is 0.257 e. The van der Waals surface area contributed by atoms with Crippen LogP contribution in [0.15, 0.2) is 35.2 Å². The van der Waals surface area contributed by atoms with Crippen molar-refractivity contribution >= 4 is 5.91 Å². The van der Waals surface area contributed by atoms with Gasteiger partial charge in [0.05, 0.1) is 17.6 Å². The first-order valence-corrected chi connectivity index (χ1v) is 7.19. The number of aromatic nitrogens is 4. The summed E-state index contributed by atoms with van der Waals surface area (Å²) in [6, 6.07) is 3.84. The van der Waals surface area contributed by atoms with Crippen molar-refractivity contribution in [1.29, 1.82) is 0 Å². The fourth-order valence-electron chi connectivity index (χ4n) is 2.33. The second-order valence-corrected chi connectivity index (χ2v) is 5.34. The van der Waals surface area contributed by atoms with E-state index in [0.717, 1.165) is 16.8 Å². The van der Waals surface area contributed by atoms with E-state index in [4.69, 9.17) is 4.52 Å². The van der Waals surface area contributed by atoms with Crippen LogP contribution < -0.4 is 5.32 Å². The van der Waals surface area contributed by atoms with Crippen molar-refractivity contribution < 1.29 is 9.32 Å². The van der Waals surface area contributed by atoms with Crippen LogP contribution in [0.2, 0.25) is 0 Å². The summed E-state index contributed by atoms with van der Waals surface area (Å²) in [4.78, 5) is 16.6. The number of pyridine rings is 1. The van der Waals surface area contributed by atoms with Crippen LogP contribution in [-0.4, -0.2) is 25.8 Å². The van der Waals surface area contributed by atoms with Crippen LogP contribution >= 0.6 is 0 Å². The second kappa shape index (κ2) is 6.04. The van der Waals surface area contributed by atoms with Gasteiger partial charge in [-0.05, 0) is 25.5 Å². The van der Waals surface area contributed by atoms with E-state index in [9.17, 15) is 4.79 Å². The lowest BCUT2D eigenvalue weighted by Gasteiger charge is -2.05. The predicted octanol–water partition coefficient (Wildman–Crippen LogP) is 2.02. The molecule has 0 bridgehead atoms. The quantitative estimate of drug-likeness (QED) is 0.796. The number of nitrogens with zero attached hydrogens (tertiary/aromatic N) is 4. The standard InChI is InChI=1S/C16H17N5O2/c1-10-15(11(2)23-20-10)16(22)18-7-12-4-5-14(17-6-12)13-8-19-21(3)9-13/h4-6,8-9H,7H2,1-3H3,(H,18,22). The van der Waals surface area contributed by atoms with Crippen molar-refractivity contribution in [1.82, 2.24) is 25.2 Å². The van der Waals surface area contributed by atoms with Gasteiger partial charge in [0.25, 0.3) is 5.91 Å². The van der Waals surface area contributed by atoms with E-state index in [1.165, 1.54) is 0 Å². The molecule has 23 heavy (non-hydrogen) atoms. The molecule has 0 radical (unpaired) electrons. The predicted molar refractivity (Wildman–Crippen MR) is 83.6 cm³/mol. The van der Waals surface area contributed by atoms with Crippen molar-refractivity contribution in [3.05, 3.63) is 53.3 Å². The first-order valence-electron chi connectivity index (χ1n) is 7.19. The fraction of sp³-hybridized carbons (Fsp3) is 0.250. The maximum atomic E-state index is 12.2. The van der Waals surface area contributed by atoms with Gasteiger partial charge in [0.1, 0.15) is 11.3 Å². The molecule has 0 aliphatic heterocycles. The highest BCUT2D eigenvalue weighted by Crippen LogP contribution is 2.16. The number of rotatable bonds is 4. The summed E-state index contributed by atoms with van der Waals surface area (Å²) in [5, 5.41) is 10.8. The van der Waals surface area contributed by atoms with E-state index >= 15 is 0 Å². The van der Waals surface area contributed by atoms with Crippen LogP contribution in [0.5, 0.6) is 0 Å². The van der Waals surface area contributed by atoms with E-state index < -0.39 is 0 Å². The molecule has 1 amide bonds. The minimum absolute atomic E-state index is 0.197. The topological polar surface area (TPSA) is 85.8 Å². The Hall–Kier alpha value is -2.96. The number of hydrogen-bond donors (Lipinski definition) is 1. The molecule has 7 nitrogen and oxygen atoms in total.